The number of Topliss-reactive ketones (excluding diaryl/α,β-unsaturated/α-hetero) is 1. The second kappa shape index (κ2) is 9.99. The number of aromatic nitrogens is 2. The van der Waals surface area contributed by atoms with Gasteiger partial charge in [-0.25, -0.2) is 4.98 Å². The zero-order chi connectivity index (χ0) is 19.8. The van der Waals surface area contributed by atoms with Crippen molar-refractivity contribution in [1.82, 2.24) is 15.3 Å². The predicted octanol–water partition coefficient (Wildman–Crippen LogP) is 5.15. The lowest BCUT2D eigenvalue weighted by molar-refractivity contribution is -0.117. The Kier molecular flexibility index (Phi) is 7.14. The molecule has 2 N–H and O–H groups in total. The smallest absolute Gasteiger partial charge is 0.261 e. The molecule has 0 spiro atoms. The molecule has 0 aliphatic rings. The van der Waals surface area contributed by atoms with E-state index in [1.54, 1.807) is 6.92 Å². The minimum atomic E-state index is -0.190. The largest absolute Gasteiger partial charge is 0.341 e. The molecule has 0 aliphatic heterocycles. The number of amides is 1. The van der Waals surface area contributed by atoms with Crippen molar-refractivity contribution >= 4 is 23.0 Å². The van der Waals surface area contributed by atoms with E-state index in [-0.39, 0.29) is 17.7 Å². The molecule has 3 rings (SSSR count). The fraction of sp³-hybridized carbons (Fsp3) is 0.318. The lowest BCUT2D eigenvalue weighted by Gasteiger charge is -2.16. The Morgan fingerprint density at radius 2 is 1.93 bits per heavy atom. The molecule has 3 aromatic rings. The summed E-state index contributed by atoms with van der Waals surface area (Å²) in [6, 6.07) is 13.5. The van der Waals surface area contributed by atoms with Crippen LogP contribution in [0.1, 0.15) is 60.6 Å². The fourth-order valence-corrected chi connectivity index (χ4v) is 3.72. The number of unbranched alkanes of at least 4 members (excludes halogenated alkanes) is 2. The average molecular weight is 396 g/mol. The van der Waals surface area contributed by atoms with Gasteiger partial charge in [-0.1, -0.05) is 49.2 Å². The number of imidazole rings is 1. The monoisotopic (exact) mass is 395 g/mol. The number of thiophene rings is 1. The van der Waals surface area contributed by atoms with E-state index in [1.807, 2.05) is 54.0 Å². The minimum absolute atomic E-state index is 0.0820. The summed E-state index contributed by atoms with van der Waals surface area (Å²) < 4.78 is 0. The van der Waals surface area contributed by atoms with Gasteiger partial charge in [0.25, 0.3) is 5.91 Å². The molecule has 0 aliphatic carbocycles. The highest BCUT2D eigenvalue weighted by molar-refractivity contribution is 7.12. The van der Waals surface area contributed by atoms with Crippen LogP contribution in [0.5, 0.6) is 0 Å². The third-order valence-corrected chi connectivity index (χ3v) is 5.45. The molecule has 0 bridgehead atoms. The number of ketones is 1. The van der Waals surface area contributed by atoms with Crippen molar-refractivity contribution in [3.8, 4) is 11.3 Å². The number of aromatic amines is 1. The van der Waals surface area contributed by atoms with Gasteiger partial charge in [-0.2, -0.15) is 0 Å². The number of nitrogens with one attached hydrogen (secondary N) is 2. The number of hydrogen-bond acceptors (Lipinski definition) is 4. The van der Waals surface area contributed by atoms with Crippen LogP contribution in [0.15, 0.2) is 54.0 Å². The summed E-state index contributed by atoms with van der Waals surface area (Å²) >= 11 is 1.43. The van der Waals surface area contributed by atoms with Gasteiger partial charge in [-0.15, -0.1) is 11.3 Å². The van der Waals surface area contributed by atoms with Crippen LogP contribution in [0.3, 0.4) is 0 Å². The molecule has 146 valence electrons. The first-order chi connectivity index (χ1) is 13.6. The molecule has 6 heteroatoms. The fourth-order valence-electron chi connectivity index (χ4n) is 3.09. The second-order valence-corrected chi connectivity index (χ2v) is 7.80. The molecule has 28 heavy (non-hydrogen) atoms. The van der Waals surface area contributed by atoms with Gasteiger partial charge < -0.3 is 15.1 Å². The predicted molar refractivity (Wildman–Crippen MR) is 112 cm³/mol. The SMILES string of the molecule is CC(=O)CCCCC[C@H](NC(=O)c1cccs1)c1ncc(-c2ccccc2)[nH]1. The Hall–Kier alpha value is -2.73. The lowest BCUT2D eigenvalue weighted by Crippen LogP contribution is -2.28. The third kappa shape index (κ3) is 5.63. The summed E-state index contributed by atoms with van der Waals surface area (Å²) in [5, 5.41) is 5.01. The first-order valence-electron chi connectivity index (χ1n) is 9.57. The van der Waals surface area contributed by atoms with E-state index in [4.69, 9.17) is 0 Å². The molecule has 1 aromatic carbocycles. The number of carbonyl (C=O) groups excluding carboxylic acids is 2. The minimum Gasteiger partial charge on any atom is -0.341 e. The van der Waals surface area contributed by atoms with Crippen molar-refractivity contribution in [2.24, 2.45) is 0 Å². The Labute approximate surface area is 169 Å². The number of nitrogens with zero attached hydrogens (tertiary/aromatic N) is 1. The molecule has 0 unspecified atom stereocenters. The first kappa shape index (κ1) is 20.0. The molecule has 1 atom stereocenters. The van der Waals surface area contributed by atoms with Gasteiger partial charge in [0.15, 0.2) is 0 Å². The third-order valence-electron chi connectivity index (χ3n) is 4.58. The van der Waals surface area contributed by atoms with Crippen LogP contribution in [0.25, 0.3) is 11.3 Å². The van der Waals surface area contributed by atoms with Gasteiger partial charge in [-0.3, -0.25) is 4.79 Å². The molecular formula is C22H25N3O2S. The van der Waals surface area contributed by atoms with Gasteiger partial charge >= 0.3 is 0 Å². The van der Waals surface area contributed by atoms with Crippen molar-refractivity contribution in [3.05, 3.63) is 64.7 Å². The summed E-state index contributed by atoms with van der Waals surface area (Å²) in [4.78, 5) is 32.3. The van der Waals surface area contributed by atoms with E-state index in [9.17, 15) is 9.59 Å². The van der Waals surface area contributed by atoms with Gasteiger partial charge in [0, 0.05) is 6.42 Å². The highest BCUT2D eigenvalue weighted by Crippen LogP contribution is 2.23. The van der Waals surface area contributed by atoms with Crippen LogP contribution in [0.2, 0.25) is 0 Å². The summed E-state index contributed by atoms with van der Waals surface area (Å²) in [6.45, 7) is 1.62. The van der Waals surface area contributed by atoms with Crippen LogP contribution in [0, 0.1) is 0 Å². The van der Waals surface area contributed by atoms with Gasteiger partial charge in [0.2, 0.25) is 0 Å². The molecule has 2 aromatic heterocycles. The van der Waals surface area contributed by atoms with E-state index in [0.717, 1.165) is 42.8 Å². The molecule has 0 saturated carbocycles. The Morgan fingerprint density at radius 1 is 1.11 bits per heavy atom. The molecular weight excluding hydrogens is 370 g/mol. The van der Waals surface area contributed by atoms with E-state index >= 15 is 0 Å². The average Bonchev–Trinajstić information content (AvgIpc) is 3.39. The number of H-pyrrole nitrogens is 1. The van der Waals surface area contributed by atoms with E-state index in [0.29, 0.717) is 11.3 Å². The van der Waals surface area contributed by atoms with Gasteiger partial charge in [0.1, 0.15) is 11.6 Å². The van der Waals surface area contributed by atoms with Gasteiger partial charge in [0.05, 0.1) is 22.8 Å². The number of benzene rings is 1. The standard InChI is InChI=1S/C22H25N3O2S/c1-16(26)9-4-2-7-12-18(25-22(27)20-13-8-14-28-20)21-23-15-19(24-21)17-10-5-3-6-11-17/h3,5-6,8,10-11,13-15,18H,2,4,7,9,12H2,1H3,(H,23,24)(H,25,27)/t18-/m0/s1. The highest BCUT2D eigenvalue weighted by atomic mass is 32.1. The molecule has 0 radical (unpaired) electrons. The first-order valence-corrected chi connectivity index (χ1v) is 10.5. The van der Waals surface area contributed by atoms with Crippen LogP contribution < -0.4 is 5.32 Å². The Balaban J connectivity index is 1.69. The molecule has 2 heterocycles. The maximum atomic E-state index is 12.6. The Morgan fingerprint density at radius 3 is 2.64 bits per heavy atom. The zero-order valence-corrected chi connectivity index (χ0v) is 16.8. The van der Waals surface area contributed by atoms with Crippen LogP contribution in [-0.4, -0.2) is 21.7 Å². The van der Waals surface area contributed by atoms with Crippen LogP contribution >= 0.6 is 11.3 Å². The molecule has 0 saturated heterocycles. The second-order valence-electron chi connectivity index (χ2n) is 6.85. The number of hydrogen-bond donors (Lipinski definition) is 2. The van der Waals surface area contributed by atoms with E-state index in [2.05, 4.69) is 15.3 Å². The van der Waals surface area contributed by atoms with Crippen molar-refractivity contribution in [3.63, 3.8) is 0 Å². The quantitative estimate of drug-likeness (QED) is 0.466. The Bertz CT molecular complexity index is 888. The van der Waals surface area contributed by atoms with E-state index in [1.165, 1.54) is 11.3 Å². The number of rotatable bonds is 10. The maximum absolute atomic E-state index is 12.6. The van der Waals surface area contributed by atoms with Crippen molar-refractivity contribution in [1.29, 1.82) is 0 Å². The lowest BCUT2D eigenvalue weighted by atomic mass is 10.1. The van der Waals surface area contributed by atoms with Crippen molar-refractivity contribution < 1.29 is 9.59 Å². The summed E-state index contributed by atoms with van der Waals surface area (Å²) in [5.74, 6) is 0.901. The summed E-state index contributed by atoms with van der Waals surface area (Å²) in [6.07, 6.45) is 5.96. The maximum Gasteiger partial charge on any atom is 0.261 e. The van der Waals surface area contributed by atoms with Crippen LogP contribution in [0.4, 0.5) is 0 Å². The summed E-state index contributed by atoms with van der Waals surface area (Å²) in [5.41, 5.74) is 1.99. The summed E-state index contributed by atoms with van der Waals surface area (Å²) in [7, 11) is 0. The normalized spacial score (nSPS) is 11.9. The highest BCUT2D eigenvalue weighted by Gasteiger charge is 2.19. The van der Waals surface area contributed by atoms with Gasteiger partial charge in [-0.05, 0) is 36.8 Å². The molecule has 0 fully saturated rings. The van der Waals surface area contributed by atoms with E-state index < -0.39 is 0 Å². The number of carbonyl (C=O) groups is 2. The van der Waals surface area contributed by atoms with Crippen LogP contribution in [-0.2, 0) is 4.79 Å². The molecule has 1 amide bonds. The molecule has 5 nitrogen and oxygen atoms in total. The van der Waals surface area contributed by atoms with Crippen molar-refractivity contribution in [2.75, 3.05) is 0 Å². The zero-order valence-electron chi connectivity index (χ0n) is 16.0. The topological polar surface area (TPSA) is 74.8 Å². The van der Waals surface area contributed by atoms with Crippen molar-refractivity contribution in [2.45, 2.75) is 45.1 Å².